The van der Waals surface area contributed by atoms with Crippen LogP contribution in [0.4, 0.5) is 17.1 Å². The van der Waals surface area contributed by atoms with Crippen LogP contribution in [-0.2, 0) is 10.8 Å². The molecule has 2 aliphatic carbocycles. The summed E-state index contributed by atoms with van der Waals surface area (Å²) < 4.78 is 2.45. The zero-order valence-electron chi connectivity index (χ0n) is 43.6. The van der Waals surface area contributed by atoms with Gasteiger partial charge in [-0.05, 0) is 144 Å². The van der Waals surface area contributed by atoms with Gasteiger partial charge in [0.25, 0.3) is 0 Å². The standard InChI is InChI=1S/C76H54N2/c1-75(2)67-35-16-12-31-62(67)63-47-45-59(50-70(63)75)77(57-28-10-5-11-29-57)71-38-18-14-30-60(71)54-23-20-22-52(48-54)53-42-46-65-64-32-15-19-39-72(64)78(73(65)49-53)58-43-40-51(41-44-58)61-34-21-37-69-74(61)66-33-13-17-36-68(66)76(69,55-24-6-3-7-25-55)56-26-8-4-9-27-56/h3-50H,1-2H3. The molecule has 0 saturated heterocycles. The second kappa shape index (κ2) is 17.9. The van der Waals surface area contributed by atoms with E-state index in [1.807, 2.05) is 0 Å². The molecule has 0 fully saturated rings. The Kier molecular flexibility index (Phi) is 10.5. The SMILES string of the molecule is CC1(C)c2ccccc2-c2ccc(N(c3ccccc3)c3ccccc3-c3cccc(-c4ccc5c6ccccc6n(-c6ccc(-c7cccc8c7-c7ccccc7C8(c7ccccc7)c7ccccc7)cc6)c5c4)c3)cc21. The van der Waals surface area contributed by atoms with Gasteiger partial charge in [-0.25, -0.2) is 0 Å². The summed E-state index contributed by atoms with van der Waals surface area (Å²) in [5.74, 6) is 0. The molecule has 13 aromatic rings. The summed E-state index contributed by atoms with van der Waals surface area (Å²) >= 11 is 0. The molecule has 2 heteroatoms. The summed E-state index contributed by atoms with van der Waals surface area (Å²) in [6, 6.07) is 108. The molecule has 15 rings (SSSR count). The second-order valence-corrected chi connectivity index (χ2v) is 21.6. The van der Waals surface area contributed by atoms with Gasteiger partial charge in [0.05, 0.1) is 22.1 Å². The normalized spacial score (nSPS) is 13.5. The fourth-order valence-corrected chi connectivity index (χ4v) is 13.6. The highest BCUT2D eigenvalue weighted by Gasteiger charge is 2.47. The summed E-state index contributed by atoms with van der Waals surface area (Å²) in [6.07, 6.45) is 0. The number of anilines is 3. The Morgan fingerprint density at radius 1 is 0.308 bits per heavy atom. The first-order chi connectivity index (χ1) is 38.5. The lowest BCUT2D eigenvalue weighted by Gasteiger charge is -2.34. The van der Waals surface area contributed by atoms with Crippen molar-refractivity contribution in [2.75, 3.05) is 4.90 Å². The summed E-state index contributed by atoms with van der Waals surface area (Å²) in [5, 5.41) is 2.47. The van der Waals surface area contributed by atoms with Crippen LogP contribution >= 0.6 is 0 Å². The summed E-state index contributed by atoms with van der Waals surface area (Å²) in [5.41, 5.74) is 26.5. The first-order valence-corrected chi connectivity index (χ1v) is 27.2. The van der Waals surface area contributed by atoms with E-state index in [4.69, 9.17) is 0 Å². The molecule has 368 valence electrons. The van der Waals surface area contributed by atoms with Crippen molar-refractivity contribution in [3.05, 3.63) is 325 Å². The average Bonchev–Trinajstić information content (AvgIpc) is 4.29. The molecule has 0 N–H and O–H groups in total. The van der Waals surface area contributed by atoms with Crippen molar-refractivity contribution in [1.82, 2.24) is 4.57 Å². The highest BCUT2D eigenvalue weighted by atomic mass is 15.1. The van der Waals surface area contributed by atoms with Crippen LogP contribution < -0.4 is 4.90 Å². The van der Waals surface area contributed by atoms with Gasteiger partial charge in [0.1, 0.15) is 0 Å². The zero-order valence-corrected chi connectivity index (χ0v) is 43.6. The number of rotatable bonds is 9. The van der Waals surface area contributed by atoms with E-state index in [0.717, 1.165) is 28.3 Å². The molecule has 2 aliphatic rings. The highest BCUT2D eigenvalue weighted by molar-refractivity contribution is 6.10. The third-order valence-electron chi connectivity index (χ3n) is 17.1. The number of hydrogen-bond acceptors (Lipinski definition) is 1. The molecule has 78 heavy (non-hydrogen) atoms. The molecule has 0 bridgehead atoms. The topological polar surface area (TPSA) is 8.17 Å². The fourth-order valence-electron chi connectivity index (χ4n) is 13.6. The van der Waals surface area contributed by atoms with Crippen LogP contribution in [0.25, 0.3) is 83.1 Å². The van der Waals surface area contributed by atoms with Crippen LogP contribution in [0.5, 0.6) is 0 Å². The Hall–Kier alpha value is -9.76. The van der Waals surface area contributed by atoms with Crippen molar-refractivity contribution < 1.29 is 0 Å². The van der Waals surface area contributed by atoms with Gasteiger partial charge in [-0.15, -0.1) is 0 Å². The van der Waals surface area contributed by atoms with E-state index in [1.165, 1.54) is 105 Å². The number of benzene rings is 12. The molecule has 0 saturated carbocycles. The Morgan fingerprint density at radius 3 is 1.63 bits per heavy atom. The predicted molar refractivity (Wildman–Crippen MR) is 327 cm³/mol. The smallest absolute Gasteiger partial charge is 0.0713 e. The molecular formula is C76H54N2. The minimum Gasteiger partial charge on any atom is -0.310 e. The lowest BCUT2D eigenvalue weighted by molar-refractivity contribution is 0.660. The zero-order chi connectivity index (χ0) is 52.0. The molecule has 1 aromatic heterocycles. The molecule has 0 aliphatic heterocycles. The van der Waals surface area contributed by atoms with Gasteiger partial charge in [-0.1, -0.05) is 244 Å². The summed E-state index contributed by atoms with van der Waals surface area (Å²) in [7, 11) is 0. The lowest BCUT2D eigenvalue weighted by atomic mass is 9.67. The minimum absolute atomic E-state index is 0.120. The van der Waals surface area contributed by atoms with Crippen LogP contribution in [0.1, 0.15) is 47.2 Å². The molecule has 1 heterocycles. The van der Waals surface area contributed by atoms with E-state index >= 15 is 0 Å². The van der Waals surface area contributed by atoms with E-state index in [9.17, 15) is 0 Å². The Labute approximate surface area is 456 Å². The number of aromatic nitrogens is 1. The van der Waals surface area contributed by atoms with Crippen LogP contribution in [-0.4, -0.2) is 4.57 Å². The first kappa shape index (κ1) is 45.6. The van der Waals surface area contributed by atoms with Crippen molar-refractivity contribution in [3.8, 4) is 61.3 Å². The van der Waals surface area contributed by atoms with E-state index < -0.39 is 5.41 Å². The summed E-state index contributed by atoms with van der Waals surface area (Å²) in [4.78, 5) is 2.43. The maximum Gasteiger partial charge on any atom is 0.0713 e. The molecule has 0 amide bonds. The van der Waals surface area contributed by atoms with Gasteiger partial charge in [-0.3, -0.25) is 0 Å². The number of nitrogens with zero attached hydrogens (tertiary/aromatic N) is 2. The van der Waals surface area contributed by atoms with E-state index in [0.29, 0.717) is 0 Å². The van der Waals surface area contributed by atoms with Crippen LogP contribution in [0, 0.1) is 0 Å². The molecule has 0 radical (unpaired) electrons. The first-order valence-electron chi connectivity index (χ1n) is 27.2. The van der Waals surface area contributed by atoms with Crippen molar-refractivity contribution in [1.29, 1.82) is 0 Å². The van der Waals surface area contributed by atoms with Crippen molar-refractivity contribution >= 4 is 38.9 Å². The summed E-state index contributed by atoms with van der Waals surface area (Å²) in [6.45, 7) is 4.72. The highest BCUT2D eigenvalue weighted by Crippen LogP contribution is 2.58. The monoisotopic (exact) mass is 994 g/mol. The molecular weight excluding hydrogens is 941 g/mol. The average molecular weight is 995 g/mol. The van der Waals surface area contributed by atoms with Crippen LogP contribution in [0.2, 0.25) is 0 Å². The van der Waals surface area contributed by atoms with Gasteiger partial charge in [-0.2, -0.15) is 0 Å². The Morgan fingerprint density at radius 2 is 0.859 bits per heavy atom. The number of para-hydroxylation sites is 3. The molecule has 2 nitrogen and oxygen atoms in total. The predicted octanol–water partition coefficient (Wildman–Crippen LogP) is 19.9. The minimum atomic E-state index is -0.454. The van der Waals surface area contributed by atoms with Gasteiger partial charge in [0, 0.05) is 38.8 Å². The Balaban J connectivity index is 0.824. The van der Waals surface area contributed by atoms with E-state index in [2.05, 4.69) is 315 Å². The second-order valence-electron chi connectivity index (χ2n) is 21.6. The third-order valence-corrected chi connectivity index (χ3v) is 17.1. The lowest BCUT2D eigenvalue weighted by Crippen LogP contribution is -2.28. The molecule has 0 unspecified atom stereocenters. The molecule has 0 spiro atoms. The molecule has 12 aromatic carbocycles. The van der Waals surface area contributed by atoms with Crippen LogP contribution in [0.3, 0.4) is 0 Å². The number of hydrogen-bond donors (Lipinski definition) is 0. The van der Waals surface area contributed by atoms with Crippen molar-refractivity contribution in [2.24, 2.45) is 0 Å². The van der Waals surface area contributed by atoms with Gasteiger partial charge < -0.3 is 9.47 Å². The third kappa shape index (κ3) is 6.89. The van der Waals surface area contributed by atoms with E-state index in [1.54, 1.807) is 0 Å². The quantitative estimate of drug-likeness (QED) is 0.140. The van der Waals surface area contributed by atoms with Crippen molar-refractivity contribution in [2.45, 2.75) is 24.7 Å². The van der Waals surface area contributed by atoms with Gasteiger partial charge in [0.2, 0.25) is 0 Å². The van der Waals surface area contributed by atoms with Crippen LogP contribution in [0.15, 0.2) is 291 Å². The Bertz CT molecular complexity index is 4410. The van der Waals surface area contributed by atoms with Crippen molar-refractivity contribution in [3.63, 3.8) is 0 Å². The van der Waals surface area contributed by atoms with E-state index in [-0.39, 0.29) is 5.41 Å². The number of fused-ring (bicyclic) bond motifs is 9. The fraction of sp³-hybridized carbons (Fsp3) is 0.0526. The van der Waals surface area contributed by atoms with Gasteiger partial charge >= 0.3 is 0 Å². The maximum atomic E-state index is 2.45. The van der Waals surface area contributed by atoms with Gasteiger partial charge in [0.15, 0.2) is 0 Å². The maximum absolute atomic E-state index is 2.45. The largest absolute Gasteiger partial charge is 0.310 e. The molecule has 0 atom stereocenters.